The quantitative estimate of drug-likeness (QED) is 0.840. The minimum Gasteiger partial charge on any atom is -0.475 e. The summed E-state index contributed by atoms with van der Waals surface area (Å²) < 4.78 is 39.2. The van der Waals surface area contributed by atoms with E-state index in [-0.39, 0.29) is 5.56 Å². The van der Waals surface area contributed by atoms with Gasteiger partial charge in [0, 0.05) is 5.56 Å². The van der Waals surface area contributed by atoms with Gasteiger partial charge in [0.15, 0.2) is 11.5 Å². The van der Waals surface area contributed by atoms with E-state index in [4.69, 9.17) is 10.8 Å². The lowest BCUT2D eigenvalue weighted by atomic mass is 10.0. The number of nitrogens with zero attached hydrogens (tertiary/aromatic N) is 2. The predicted octanol–water partition coefficient (Wildman–Crippen LogP) is 2.01. The molecular formula is C13H8F3N3O3. The van der Waals surface area contributed by atoms with E-state index < -0.39 is 40.8 Å². The zero-order valence-corrected chi connectivity index (χ0v) is 10.8. The van der Waals surface area contributed by atoms with Crippen molar-refractivity contribution < 1.29 is 27.9 Å². The summed E-state index contributed by atoms with van der Waals surface area (Å²) in [4.78, 5) is 29.1. The first kappa shape index (κ1) is 15.4. The molecule has 2 rings (SSSR count). The molecule has 0 aliphatic heterocycles. The number of benzene rings is 1. The van der Waals surface area contributed by atoms with E-state index in [1.807, 2.05) is 0 Å². The second-order valence-corrected chi connectivity index (χ2v) is 4.15. The second kappa shape index (κ2) is 5.43. The smallest absolute Gasteiger partial charge is 0.434 e. The standard InChI is InChI=1S/C13H8F3N3O3/c14-13(15,16)9-7(8(20)6-4-2-1-3-5-6)10(17)19-11(18-9)12(21)22/h1-5H,(H,21,22)(H2,17,18,19). The molecule has 9 heteroatoms. The van der Waals surface area contributed by atoms with Crippen molar-refractivity contribution in [1.82, 2.24) is 9.97 Å². The highest BCUT2D eigenvalue weighted by atomic mass is 19.4. The van der Waals surface area contributed by atoms with E-state index in [9.17, 15) is 22.8 Å². The topological polar surface area (TPSA) is 106 Å². The highest BCUT2D eigenvalue weighted by molar-refractivity contribution is 6.12. The van der Waals surface area contributed by atoms with Gasteiger partial charge < -0.3 is 10.8 Å². The van der Waals surface area contributed by atoms with Gasteiger partial charge in [0.05, 0.1) is 5.56 Å². The summed E-state index contributed by atoms with van der Waals surface area (Å²) in [6, 6.07) is 7.10. The van der Waals surface area contributed by atoms with E-state index in [1.54, 1.807) is 6.07 Å². The van der Waals surface area contributed by atoms with Gasteiger partial charge >= 0.3 is 12.1 Å². The molecule has 6 nitrogen and oxygen atoms in total. The maximum Gasteiger partial charge on any atom is 0.434 e. The van der Waals surface area contributed by atoms with Crippen LogP contribution in [0.3, 0.4) is 0 Å². The van der Waals surface area contributed by atoms with Crippen molar-refractivity contribution in [2.45, 2.75) is 6.18 Å². The van der Waals surface area contributed by atoms with Crippen LogP contribution < -0.4 is 5.73 Å². The highest BCUT2D eigenvalue weighted by Crippen LogP contribution is 2.33. The monoisotopic (exact) mass is 311 g/mol. The summed E-state index contributed by atoms with van der Waals surface area (Å²) in [5.74, 6) is -4.79. The molecule has 1 aromatic carbocycles. The molecule has 114 valence electrons. The van der Waals surface area contributed by atoms with Crippen molar-refractivity contribution in [2.24, 2.45) is 0 Å². The number of carbonyl (C=O) groups excluding carboxylic acids is 1. The maximum atomic E-state index is 13.1. The molecule has 0 amide bonds. The second-order valence-electron chi connectivity index (χ2n) is 4.15. The van der Waals surface area contributed by atoms with E-state index in [2.05, 4.69) is 9.97 Å². The van der Waals surface area contributed by atoms with Crippen molar-refractivity contribution in [3.05, 3.63) is 53.0 Å². The minimum atomic E-state index is -5.05. The number of alkyl halides is 3. The summed E-state index contributed by atoms with van der Waals surface area (Å²) >= 11 is 0. The Morgan fingerprint density at radius 3 is 2.18 bits per heavy atom. The molecular weight excluding hydrogens is 303 g/mol. The molecule has 22 heavy (non-hydrogen) atoms. The average Bonchev–Trinajstić information content (AvgIpc) is 2.45. The number of hydrogen-bond donors (Lipinski definition) is 2. The molecule has 0 spiro atoms. The first-order valence-corrected chi connectivity index (χ1v) is 5.79. The van der Waals surface area contributed by atoms with Crippen LogP contribution in [0.4, 0.5) is 19.0 Å². The number of ketones is 1. The van der Waals surface area contributed by atoms with Gasteiger partial charge in [-0.05, 0) is 0 Å². The van der Waals surface area contributed by atoms with Gasteiger partial charge in [-0.15, -0.1) is 0 Å². The fourth-order valence-corrected chi connectivity index (χ4v) is 1.74. The SMILES string of the molecule is Nc1nc(C(=O)O)nc(C(F)(F)F)c1C(=O)c1ccccc1. The first-order chi connectivity index (χ1) is 10.2. The Labute approximate surface area is 121 Å². The van der Waals surface area contributed by atoms with Crippen LogP contribution in [-0.4, -0.2) is 26.8 Å². The van der Waals surface area contributed by atoms with E-state index in [0.29, 0.717) is 0 Å². The van der Waals surface area contributed by atoms with Crippen LogP contribution in [0.5, 0.6) is 0 Å². The fourth-order valence-electron chi connectivity index (χ4n) is 1.74. The fraction of sp³-hybridized carbons (Fsp3) is 0.0769. The number of carboxylic acid groups (broad SMARTS) is 1. The van der Waals surface area contributed by atoms with Crippen LogP contribution >= 0.6 is 0 Å². The van der Waals surface area contributed by atoms with Crippen LogP contribution in [0.15, 0.2) is 30.3 Å². The Morgan fingerprint density at radius 2 is 1.68 bits per heavy atom. The Kier molecular flexibility index (Phi) is 3.81. The van der Waals surface area contributed by atoms with Gasteiger partial charge in [0.2, 0.25) is 5.82 Å². The van der Waals surface area contributed by atoms with Gasteiger partial charge in [0.25, 0.3) is 0 Å². The Bertz CT molecular complexity index is 745. The lowest BCUT2D eigenvalue weighted by Crippen LogP contribution is -2.22. The highest BCUT2D eigenvalue weighted by Gasteiger charge is 2.40. The van der Waals surface area contributed by atoms with Gasteiger partial charge in [-0.3, -0.25) is 4.79 Å². The van der Waals surface area contributed by atoms with Crippen LogP contribution in [0.25, 0.3) is 0 Å². The number of nitrogens with two attached hydrogens (primary N) is 1. The third-order valence-electron chi connectivity index (χ3n) is 2.66. The summed E-state index contributed by atoms with van der Waals surface area (Å²) in [6.45, 7) is 0. The van der Waals surface area contributed by atoms with Gasteiger partial charge in [-0.1, -0.05) is 30.3 Å². The molecule has 0 unspecified atom stereocenters. The molecule has 0 bridgehead atoms. The third kappa shape index (κ3) is 2.87. The van der Waals surface area contributed by atoms with E-state index in [0.717, 1.165) is 0 Å². The summed E-state index contributed by atoms with van der Waals surface area (Å²) in [7, 11) is 0. The molecule has 0 aliphatic rings. The molecule has 3 N–H and O–H groups in total. The number of halogens is 3. The number of rotatable bonds is 3. The third-order valence-corrected chi connectivity index (χ3v) is 2.66. The van der Waals surface area contributed by atoms with Crippen molar-refractivity contribution in [2.75, 3.05) is 5.73 Å². The number of hydrogen-bond acceptors (Lipinski definition) is 5. The number of aromatic nitrogens is 2. The first-order valence-electron chi connectivity index (χ1n) is 5.79. The number of carboxylic acids is 1. The number of anilines is 1. The van der Waals surface area contributed by atoms with Gasteiger partial charge in [0.1, 0.15) is 5.82 Å². The van der Waals surface area contributed by atoms with Crippen LogP contribution in [0.2, 0.25) is 0 Å². The van der Waals surface area contributed by atoms with Crippen molar-refractivity contribution >= 4 is 17.6 Å². The van der Waals surface area contributed by atoms with Gasteiger partial charge in [-0.25, -0.2) is 14.8 Å². The molecule has 0 fully saturated rings. The summed E-state index contributed by atoms with van der Waals surface area (Å²) in [6.07, 6.45) is -5.05. The normalized spacial score (nSPS) is 11.2. The zero-order valence-electron chi connectivity index (χ0n) is 10.8. The number of aromatic carboxylic acids is 1. The van der Waals surface area contributed by atoms with Crippen LogP contribution in [-0.2, 0) is 6.18 Å². The van der Waals surface area contributed by atoms with Gasteiger partial charge in [-0.2, -0.15) is 13.2 Å². The van der Waals surface area contributed by atoms with Crippen LogP contribution in [0.1, 0.15) is 32.2 Å². The van der Waals surface area contributed by atoms with Crippen LogP contribution in [0, 0.1) is 0 Å². The predicted molar refractivity (Wildman–Crippen MR) is 68.3 cm³/mol. The molecule has 1 aromatic heterocycles. The Balaban J connectivity index is 2.70. The summed E-state index contributed by atoms with van der Waals surface area (Å²) in [5.41, 5.74) is 2.67. The minimum absolute atomic E-state index is 0.0497. The molecule has 0 radical (unpaired) electrons. The van der Waals surface area contributed by atoms with Crippen molar-refractivity contribution in [1.29, 1.82) is 0 Å². The molecule has 0 saturated carbocycles. The zero-order chi connectivity index (χ0) is 16.5. The van der Waals surface area contributed by atoms with E-state index in [1.165, 1.54) is 24.3 Å². The van der Waals surface area contributed by atoms with Crippen molar-refractivity contribution in [3.63, 3.8) is 0 Å². The molecule has 0 aliphatic carbocycles. The summed E-state index contributed by atoms with van der Waals surface area (Å²) in [5, 5.41) is 8.71. The molecule has 1 heterocycles. The largest absolute Gasteiger partial charge is 0.475 e. The van der Waals surface area contributed by atoms with Crippen molar-refractivity contribution in [3.8, 4) is 0 Å². The molecule has 0 atom stereocenters. The van der Waals surface area contributed by atoms with E-state index >= 15 is 0 Å². The lowest BCUT2D eigenvalue weighted by molar-refractivity contribution is -0.141. The number of carbonyl (C=O) groups is 2. The maximum absolute atomic E-state index is 13.1. The molecule has 2 aromatic rings. The molecule has 0 saturated heterocycles. The Morgan fingerprint density at radius 1 is 1.09 bits per heavy atom. The average molecular weight is 311 g/mol. The number of nitrogen functional groups attached to an aromatic ring is 1. The Hall–Kier alpha value is -2.97. The lowest BCUT2D eigenvalue weighted by Gasteiger charge is -2.13.